The molecule has 3 nitrogen and oxygen atoms in total. The predicted molar refractivity (Wildman–Crippen MR) is 80.8 cm³/mol. The summed E-state index contributed by atoms with van der Waals surface area (Å²) in [6, 6.07) is 2.10. The summed E-state index contributed by atoms with van der Waals surface area (Å²) >= 11 is 5.38. The molecule has 4 heteroatoms. The van der Waals surface area contributed by atoms with E-state index in [2.05, 4.69) is 41.8 Å². The predicted octanol–water partition coefficient (Wildman–Crippen LogP) is 4.12. The Balaban J connectivity index is 2.70. The average molecular weight is 273 g/mol. The van der Waals surface area contributed by atoms with E-state index in [0.717, 1.165) is 28.2 Å². The van der Waals surface area contributed by atoms with Gasteiger partial charge in [0.1, 0.15) is 10.5 Å². The van der Waals surface area contributed by atoms with E-state index >= 15 is 0 Å². The summed E-state index contributed by atoms with van der Waals surface area (Å²) in [5.41, 5.74) is 4.13. The number of hydrogen-bond acceptors (Lipinski definition) is 3. The smallest absolute Gasteiger partial charge is 0.133 e. The van der Waals surface area contributed by atoms with Gasteiger partial charge in [-0.25, -0.2) is 4.98 Å². The molecule has 0 atom stereocenters. The van der Waals surface area contributed by atoms with Gasteiger partial charge in [-0.1, -0.05) is 33.0 Å². The Morgan fingerprint density at radius 1 is 1.16 bits per heavy atom. The van der Waals surface area contributed by atoms with Gasteiger partial charge in [0.05, 0.1) is 5.69 Å². The van der Waals surface area contributed by atoms with Crippen LogP contribution in [0.15, 0.2) is 18.5 Å². The van der Waals surface area contributed by atoms with Gasteiger partial charge in [0, 0.05) is 28.9 Å². The van der Waals surface area contributed by atoms with Crippen LogP contribution in [0.3, 0.4) is 0 Å². The van der Waals surface area contributed by atoms with Crippen LogP contribution < -0.4 is 0 Å². The highest BCUT2D eigenvalue weighted by atomic mass is 32.1. The van der Waals surface area contributed by atoms with Crippen molar-refractivity contribution in [2.75, 3.05) is 0 Å². The van der Waals surface area contributed by atoms with Crippen molar-refractivity contribution < 1.29 is 0 Å². The van der Waals surface area contributed by atoms with Crippen LogP contribution in [0.5, 0.6) is 0 Å². The summed E-state index contributed by atoms with van der Waals surface area (Å²) < 4.78 is 0.653. The third kappa shape index (κ3) is 2.89. The summed E-state index contributed by atoms with van der Waals surface area (Å²) in [6.45, 7) is 10.4. The summed E-state index contributed by atoms with van der Waals surface area (Å²) in [5.74, 6) is 0.902. The van der Waals surface area contributed by atoms with Gasteiger partial charge >= 0.3 is 0 Å². The molecule has 2 rings (SSSR count). The summed E-state index contributed by atoms with van der Waals surface area (Å²) in [7, 11) is 0. The van der Waals surface area contributed by atoms with Crippen LogP contribution in [0.2, 0.25) is 0 Å². The monoisotopic (exact) mass is 273 g/mol. The number of pyridine rings is 1. The Labute approximate surface area is 119 Å². The fourth-order valence-corrected chi connectivity index (χ4v) is 2.06. The van der Waals surface area contributed by atoms with E-state index in [9.17, 15) is 0 Å². The fraction of sp³-hybridized carbons (Fsp3) is 0.400. The molecule has 2 heterocycles. The first-order valence-corrected chi connectivity index (χ1v) is 6.73. The molecule has 2 aromatic heterocycles. The maximum Gasteiger partial charge on any atom is 0.133 e. The van der Waals surface area contributed by atoms with E-state index in [0.29, 0.717) is 4.64 Å². The molecule has 0 aliphatic carbocycles. The molecule has 0 radical (unpaired) electrons. The lowest BCUT2D eigenvalue weighted by Crippen LogP contribution is -2.17. The molecule has 0 saturated carbocycles. The van der Waals surface area contributed by atoms with Crippen LogP contribution in [0, 0.1) is 18.5 Å². The largest absolute Gasteiger partial charge is 0.342 e. The number of aryl methyl sites for hydroxylation is 1. The molecule has 0 bridgehead atoms. The minimum absolute atomic E-state index is 0.0622. The van der Waals surface area contributed by atoms with Gasteiger partial charge in [-0.3, -0.25) is 4.98 Å². The van der Waals surface area contributed by atoms with Crippen molar-refractivity contribution in [3.63, 3.8) is 0 Å². The topological polar surface area (TPSA) is 41.6 Å². The van der Waals surface area contributed by atoms with Gasteiger partial charge < -0.3 is 4.98 Å². The minimum atomic E-state index is -0.0622. The summed E-state index contributed by atoms with van der Waals surface area (Å²) in [5, 5.41) is 0. The quantitative estimate of drug-likeness (QED) is 0.795. The molecule has 0 spiro atoms. The number of aromatic amines is 1. The highest BCUT2D eigenvalue weighted by molar-refractivity contribution is 7.71. The SMILES string of the molecule is Cc1cncc(-c2[nH]c(C(C)(C)C)nc(=S)c2C)c1. The fourth-order valence-electron chi connectivity index (χ4n) is 1.87. The zero-order valence-corrected chi connectivity index (χ0v) is 12.9. The van der Waals surface area contributed by atoms with Crippen LogP contribution in [0.25, 0.3) is 11.3 Å². The molecule has 100 valence electrons. The number of nitrogens with zero attached hydrogens (tertiary/aromatic N) is 2. The molecule has 1 N–H and O–H groups in total. The number of rotatable bonds is 1. The molecule has 0 fully saturated rings. The van der Waals surface area contributed by atoms with E-state index in [4.69, 9.17) is 12.2 Å². The second-order valence-corrected chi connectivity index (χ2v) is 6.28. The van der Waals surface area contributed by atoms with E-state index in [-0.39, 0.29) is 5.41 Å². The molecule has 0 aliphatic heterocycles. The zero-order chi connectivity index (χ0) is 14.2. The molecule has 2 aromatic rings. The maximum atomic E-state index is 5.38. The van der Waals surface area contributed by atoms with E-state index in [1.54, 1.807) is 0 Å². The van der Waals surface area contributed by atoms with Gasteiger partial charge in [-0.15, -0.1) is 0 Å². The van der Waals surface area contributed by atoms with Crippen LogP contribution in [0.4, 0.5) is 0 Å². The van der Waals surface area contributed by atoms with Gasteiger partial charge in [0.2, 0.25) is 0 Å². The number of aromatic nitrogens is 3. The lowest BCUT2D eigenvalue weighted by atomic mass is 9.95. The Morgan fingerprint density at radius 2 is 1.84 bits per heavy atom. The van der Waals surface area contributed by atoms with Gasteiger partial charge in [0.25, 0.3) is 0 Å². The van der Waals surface area contributed by atoms with Crippen molar-refractivity contribution in [3.05, 3.63) is 40.1 Å². The number of H-pyrrole nitrogens is 1. The zero-order valence-electron chi connectivity index (χ0n) is 12.0. The Morgan fingerprint density at radius 3 is 2.42 bits per heavy atom. The van der Waals surface area contributed by atoms with E-state index in [1.807, 2.05) is 26.2 Å². The van der Waals surface area contributed by atoms with E-state index in [1.165, 1.54) is 0 Å². The Kier molecular flexibility index (Phi) is 3.54. The third-order valence-electron chi connectivity index (χ3n) is 3.03. The van der Waals surface area contributed by atoms with Crippen molar-refractivity contribution in [1.82, 2.24) is 15.0 Å². The highest BCUT2D eigenvalue weighted by Gasteiger charge is 2.18. The standard InChI is InChI=1S/C15H19N3S/c1-9-6-11(8-16-7-9)12-10(2)13(19)18-14(17-12)15(3,4)5/h6-8H,1-5H3,(H,17,18,19). The molecular weight excluding hydrogens is 254 g/mol. The van der Waals surface area contributed by atoms with Gasteiger partial charge in [0.15, 0.2) is 0 Å². The second-order valence-electron chi connectivity index (χ2n) is 5.89. The van der Waals surface area contributed by atoms with Crippen LogP contribution in [0.1, 0.15) is 37.7 Å². The molecular formula is C15H19N3S. The first kappa shape index (κ1) is 13.9. The van der Waals surface area contributed by atoms with Crippen LogP contribution >= 0.6 is 12.2 Å². The van der Waals surface area contributed by atoms with Crippen molar-refractivity contribution in [1.29, 1.82) is 0 Å². The molecule has 0 saturated heterocycles. The van der Waals surface area contributed by atoms with Crippen LogP contribution in [-0.4, -0.2) is 15.0 Å². The normalized spacial score (nSPS) is 11.6. The molecule has 0 aromatic carbocycles. The Bertz CT molecular complexity index is 666. The van der Waals surface area contributed by atoms with Crippen molar-refractivity contribution >= 4 is 12.2 Å². The summed E-state index contributed by atoms with van der Waals surface area (Å²) in [4.78, 5) is 12.2. The molecule has 0 aliphatic rings. The third-order valence-corrected chi connectivity index (χ3v) is 3.42. The Hall–Kier alpha value is -1.55. The number of nitrogens with one attached hydrogen (secondary N) is 1. The molecule has 0 amide bonds. The lowest BCUT2D eigenvalue weighted by molar-refractivity contribution is 0.544. The first-order valence-electron chi connectivity index (χ1n) is 6.32. The minimum Gasteiger partial charge on any atom is -0.342 e. The molecule has 19 heavy (non-hydrogen) atoms. The average Bonchev–Trinajstić information content (AvgIpc) is 2.31. The van der Waals surface area contributed by atoms with Crippen molar-refractivity contribution in [2.24, 2.45) is 0 Å². The van der Waals surface area contributed by atoms with E-state index < -0.39 is 0 Å². The number of hydrogen-bond donors (Lipinski definition) is 1. The highest BCUT2D eigenvalue weighted by Crippen LogP contribution is 2.25. The van der Waals surface area contributed by atoms with Crippen molar-refractivity contribution in [3.8, 4) is 11.3 Å². The molecule has 0 unspecified atom stereocenters. The van der Waals surface area contributed by atoms with Crippen molar-refractivity contribution in [2.45, 2.75) is 40.0 Å². The lowest BCUT2D eigenvalue weighted by Gasteiger charge is -2.19. The van der Waals surface area contributed by atoms with Gasteiger partial charge in [-0.2, -0.15) is 0 Å². The maximum absolute atomic E-state index is 5.38. The second kappa shape index (κ2) is 4.85. The summed E-state index contributed by atoms with van der Waals surface area (Å²) in [6.07, 6.45) is 3.70. The van der Waals surface area contributed by atoms with Crippen LogP contribution in [-0.2, 0) is 5.41 Å². The van der Waals surface area contributed by atoms with Gasteiger partial charge in [-0.05, 0) is 25.5 Å². The first-order chi connectivity index (χ1) is 8.79.